The van der Waals surface area contributed by atoms with Crippen molar-refractivity contribution in [2.45, 2.75) is 51.9 Å². The van der Waals surface area contributed by atoms with E-state index in [0.717, 1.165) is 31.5 Å². The summed E-state index contributed by atoms with van der Waals surface area (Å²) in [6.45, 7) is 2.61. The molecule has 0 bridgehead atoms. The number of anilines is 1. The standard InChI is InChI=1S/C22H33NO5/c1-2-27-21(25)18-28-22(26)19-12-14-20(15-13-19)23-16-10-8-6-4-3-5-7-9-11-17-24/h8,10,12-15,23-24H,2-7,9,11,16-18H2,1H3. The number of carbonyl (C=O) groups is 2. The van der Waals surface area contributed by atoms with Gasteiger partial charge in [-0.05, 0) is 50.5 Å². The second-order valence-corrected chi connectivity index (χ2v) is 6.44. The number of rotatable bonds is 15. The molecule has 0 fully saturated rings. The van der Waals surface area contributed by atoms with Crippen molar-refractivity contribution in [1.29, 1.82) is 0 Å². The molecule has 0 aromatic heterocycles. The van der Waals surface area contributed by atoms with E-state index in [0.29, 0.717) is 12.2 Å². The van der Waals surface area contributed by atoms with Gasteiger partial charge in [0.2, 0.25) is 0 Å². The summed E-state index contributed by atoms with van der Waals surface area (Å²) >= 11 is 0. The fourth-order valence-corrected chi connectivity index (χ4v) is 2.59. The number of ether oxygens (including phenoxy) is 2. The molecule has 0 aliphatic carbocycles. The molecule has 0 aliphatic rings. The van der Waals surface area contributed by atoms with Crippen LogP contribution in [0, 0.1) is 0 Å². The molecule has 28 heavy (non-hydrogen) atoms. The topological polar surface area (TPSA) is 84.9 Å². The highest BCUT2D eigenvalue weighted by Gasteiger charge is 2.10. The number of esters is 2. The van der Waals surface area contributed by atoms with E-state index in [1.807, 2.05) is 0 Å². The highest BCUT2D eigenvalue weighted by molar-refractivity contribution is 5.91. The van der Waals surface area contributed by atoms with Crippen molar-refractivity contribution in [3.63, 3.8) is 0 Å². The molecule has 6 heteroatoms. The second kappa shape index (κ2) is 15.7. The molecular weight excluding hydrogens is 358 g/mol. The summed E-state index contributed by atoms with van der Waals surface area (Å²) in [5.74, 6) is -1.10. The van der Waals surface area contributed by atoms with Gasteiger partial charge in [0.25, 0.3) is 0 Å². The van der Waals surface area contributed by atoms with Crippen LogP contribution in [0.15, 0.2) is 36.4 Å². The van der Waals surface area contributed by atoms with Gasteiger partial charge >= 0.3 is 11.9 Å². The summed E-state index contributed by atoms with van der Waals surface area (Å²) in [6.07, 6.45) is 12.3. The number of nitrogens with one attached hydrogen (secondary N) is 1. The summed E-state index contributed by atoms with van der Waals surface area (Å²) in [4.78, 5) is 23.0. The Morgan fingerprint density at radius 3 is 2.32 bits per heavy atom. The van der Waals surface area contributed by atoms with Gasteiger partial charge in [0, 0.05) is 18.8 Å². The van der Waals surface area contributed by atoms with Gasteiger partial charge < -0.3 is 19.9 Å². The first-order valence-corrected chi connectivity index (χ1v) is 10.1. The van der Waals surface area contributed by atoms with Gasteiger partial charge in [0.1, 0.15) is 0 Å². The lowest BCUT2D eigenvalue weighted by Gasteiger charge is -2.06. The zero-order valence-electron chi connectivity index (χ0n) is 16.8. The van der Waals surface area contributed by atoms with Gasteiger partial charge in [-0.15, -0.1) is 0 Å². The van der Waals surface area contributed by atoms with E-state index in [4.69, 9.17) is 14.6 Å². The summed E-state index contributed by atoms with van der Waals surface area (Å²) in [6, 6.07) is 6.94. The lowest BCUT2D eigenvalue weighted by molar-refractivity contribution is -0.146. The molecule has 1 aromatic rings. The third-order valence-corrected chi connectivity index (χ3v) is 4.12. The number of unbranched alkanes of at least 4 members (excludes halogenated alkanes) is 6. The molecule has 2 N–H and O–H groups in total. The van der Waals surface area contributed by atoms with Gasteiger partial charge in [-0.1, -0.05) is 37.8 Å². The highest BCUT2D eigenvalue weighted by atomic mass is 16.6. The van der Waals surface area contributed by atoms with Crippen molar-refractivity contribution in [3.05, 3.63) is 42.0 Å². The average Bonchev–Trinajstić information content (AvgIpc) is 2.71. The third-order valence-electron chi connectivity index (χ3n) is 4.12. The predicted octanol–water partition coefficient (Wildman–Crippen LogP) is 4.10. The first-order valence-electron chi connectivity index (χ1n) is 10.1. The zero-order chi connectivity index (χ0) is 20.5. The van der Waals surface area contributed by atoms with Crippen LogP contribution >= 0.6 is 0 Å². The van der Waals surface area contributed by atoms with Gasteiger partial charge in [-0.25, -0.2) is 9.59 Å². The molecule has 1 aromatic carbocycles. The monoisotopic (exact) mass is 391 g/mol. The molecule has 0 atom stereocenters. The number of aliphatic hydroxyl groups excluding tert-OH is 1. The number of carbonyl (C=O) groups excluding carboxylic acids is 2. The first kappa shape index (κ1) is 23.7. The Morgan fingerprint density at radius 2 is 1.64 bits per heavy atom. The van der Waals surface area contributed by atoms with Crippen LogP contribution in [0.4, 0.5) is 5.69 Å². The minimum Gasteiger partial charge on any atom is -0.463 e. The SMILES string of the molecule is CCOC(=O)COC(=O)c1ccc(NCC=CCCCCCCCCO)cc1. The van der Waals surface area contributed by atoms with Gasteiger partial charge in [0.15, 0.2) is 6.61 Å². The minimum atomic E-state index is -0.553. The van der Waals surface area contributed by atoms with Crippen LogP contribution in [0.1, 0.15) is 62.2 Å². The molecular formula is C22H33NO5. The smallest absolute Gasteiger partial charge is 0.344 e. The lowest BCUT2D eigenvalue weighted by Crippen LogP contribution is -2.16. The zero-order valence-corrected chi connectivity index (χ0v) is 16.8. The first-order chi connectivity index (χ1) is 13.7. The Kier molecular flexibility index (Phi) is 13.3. The highest BCUT2D eigenvalue weighted by Crippen LogP contribution is 2.11. The van der Waals surface area contributed by atoms with Crippen molar-refractivity contribution in [2.24, 2.45) is 0 Å². The number of allylic oxidation sites excluding steroid dienone is 1. The Balaban J connectivity index is 2.16. The molecule has 156 valence electrons. The molecule has 0 aliphatic heterocycles. The van der Waals surface area contributed by atoms with Crippen molar-refractivity contribution < 1.29 is 24.2 Å². The van der Waals surface area contributed by atoms with Crippen LogP contribution in [-0.2, 0) is 14.3 Å². The van der Waals surface area contributed by atoms with E-state index in [2.05, 4.69) is 17.5 Å². The van der Waals surface area contributed by atoms with E-state index in [9.17, 15) is 9.59 Å². The minimum absolute atomic E-state index is 0.261. The third kappa shape index (κ3) is 11.4. The van der Waals surface area contributed by atoms with E-state index in [-0.39, 0.29) is 13.2 Å². The predicted molar refractivity (Wildman–Crippen MR) is 110 cm³/mol. The number of hydrogen-bond acceptors (Lipinski definition) is 6. The molecule has 0 spiro atoms. The van der Waals surface area contributed by atoms with Crippen LogP contribution in [-0.4, -0.2) is 43.4 Å². The number of benzene rings is 1. The van der Waals surface area contributed by atoms with E-state index < -0.39 is 11.9 Å². The quantitative estimate of drug-likeness (QED) is 0.266. The molecule has 0 saturated heterocycles. The Hall–Kier alpha value is -2.34. The van der Waals surface area contributed by atoms with Gasteiger partial charge in [0.05, 0.1) is 12.2 Å². The fourth-order valence-electron chi connectivity index (χ4n) is 2.59. The number of hydrogen-bond donors (Lipinski definition) is 2. The van der Waals surface area contributed by atoms with Crippen LogP contribution in [0.25, 0.3) is 0 Å². The van der Waals surface area contributed by atoms with Crippen molar-refractivity contribution in [1.82, 2.24) is 0 Å². The molecule has 1 rings (SSSR count). The summed E-state index contributed by atoms with van der Waals surface area (Å²) in [5.41, 5.74) is 1.31. The maximum absolute atomic E-state index is 11.9. The molecule has 6 nitrogen and oxygen atoms in total. The Labute approximate surface area is 167 Å². The van der Waals surface area contributed by atoms with Crippen molar-refractivity contribution in [3.8, 4) is 0 Å². The molecule has 0 amide bonds. The average molecular weight is 392 g/mol. The van der Waals surface area contributed by atoms with Gasteiger partial charge in [-0.2, -0.15) is 0 Å². The van der Waals surface area contributed by atoms with Crippen LogP contribution in [0.3, 0.4) is 0 Å². The van der Waals surface area contributed by atoms with Crippen LogP contribution in [0.2, 0.25) is 0 Å². The van der Waals surface area contributed by atoms with Crippen molar-refractivity contribution >= 4 is 17.6 Å². The van der Waals surface area contributed by atoms with Crippen LogP contribution in [0.5, 0.6) is 0 Å². The summed E-state index contributed by atoms with van der Waals surface area (Å²) in [5, 5.41) is 12.0. The lowest BCUT2D eigenvalue weighted by atomic mass is 10.1. The largest absolute Gasteiger partial charge is 0.463 e. The number of aliphatic hydroxyl groups is 1. The fraction of sp³-hybridized carbons (Fsp3) is 0.545. The van der Waals surface area contributed by atoms with Gasteiger partial charge in [-0.3, -0.25) is 0 Å². The maximum atomic E-state index is 11.9. The maximum Gasteiger partial charge on any atom is 0.344 e. The molecule has 0 saturated carbocycles. The normalized spacial score (nSPS) is 10.8. The summed E-state index contributed by atoms with van der Waals surface area (Å²) in [7, 11) is 0. The van der Waals surface area contributed by atoms with E-state index >= 15 is 0 Å². The molecule has 0 heterocycles. The second-order valence-electron chi connectivity index (χ2n) is 6.44. The Bertz CT molecular complexity index is 583. The van der Waals surface area contributed by atoms with Crippen molar-refractivity contribution in [2.75, 3.05) is 31.7 Å². The van der Waals surface area contributed by atoms with Crippen LogP contribution < -0.4 is 5.32 Å². The van der Waals surface area contributed by atoms with E-state index in [1.54, 1.807) is 31.2 Å². The summed E-state index contributed by atoms with van der Waals surface area (Å²) < 4.78 is 9.61. The van der Waals surface area contributed by atoms with E-state index in [1.165, 1.54) is 25.7 Å². The molecule has 0 unspecified atom stereocenters. The molecule has 0 radical (unpaired) electrons. The Morgan fingerprint density at radius 1 is 0.964 bits per heavy atom.